The van der Waals surface area contributed by atoms with Crippen molar-refractivity contribution in [1.82, 2.24) is 4.90 Å². The third-order valence-corrected chi connectivity index (χ3v) is 4.39. The number of nitrogens with zero attached hydrogens (tertiary/aromatic N) is 2. The summed E-state index contributed by atoms with van der Waals surface area (Å²) in [6, 6.07) is 9.34. The molecule has 1 amide bonds. The molecule has 0 saturated carbocycles. The molecule has 1 aromatic carbocycles. The van der Waals surface area contributed by atoms with Crippen LogP contribution in [-0.4, -0.2) is 37.0 Å². The van der Waals surface area contributed by atoms with Crippen LogP contribution < -0.4 is 10.6 Å². The summed E-state index contributed by atoms with van der Waals surface area (Å²) in [5.41, 5.74) is 7.83. The lowest BCUT2D eigenvalue weighted by molar-refractivity contribution is 0.0713. The number of amides is 1. The Kier molecular flexibility index (Phi) is 4.59. The van der Waals surface area contributed by atoms with Crippen molar-refractivity contribution in [1.29, 1.82) is 0 Å². The van der Waals surface area contributed by atoms with Gasteiger partial charge < -0.3 is 20.0 Å². The van der Waals surface area contributed by atoms with Gasteiger partial charge in [-0.3, -0.25) is 4.79 Å². The fraction of sp³-hybridized carbons (Fsp3) is 0.353. The van der Waals surface area contributed by atoms with Crippen LogP contribution in [0.2, 0.25) is 5.02 Å². The fourth-order valence-corrected chi connectivity index (χ4v) is 3.00. The van der Waals surface area contributed by atoms with Gasteiger partial charge in [-0.1, -0.05) is 17.7 Å². The minimum atomic E-state index is -0.0767. The van der Waals surface area contributed by atoms with E-state index in [1.165, 1.54) is 5.56 Å². The summed E-state index contributed by atoms with van der Waals surface area (Å²) in [4.78, 5) is 16.5. The van der Waals surface area contributed by atoms with E-state index < -0.39 is 0 Å². The van der Waals surface area contributed by atoms with E-state index in [-0.39, 0.29) is 5.91 Å². The maximum Gasteiger partial charge on any atom is 0.289 e. The minimum Gasteiger partial charge on any atom is -0.455 e. The van der Waals surface area contributed by atoms with Crippen molar-refractivity contribution in [2.45, 2.75) is 13.5 Å². The predicted octanol–water partition coefficient (Wildman–Crippen LogP) is 2.66. The van der Waals surface area contributed by atoms with Crippen molar-refractivity contribution in [3.05, 3.63) is 52.4 Å². The number of nitrogens with two attached hydrogens (primary N) is 1. The van der Waals surface area contributed by atoms with Crippen LogP contribution in [0.5, 0.6) is 0 Å². The number of aryl methyl sites for hydroxylation is 1. The predicted molar refractivity (Wildman–Crippen MR) is 90.9 cm³/mol. The Morgan fingerprint density at radius 3 is 2.61 bits per heavy atom. The summed E-state index contributed by atoms with van der Waals surface area (Å²) >= 11 is 6.10. The number of carbonyl (C=O) groups is 1. The molecule has 6 heteroatoms. The van der Waals surface area contributed by atoms with Crippen LogP contribution in [0.4, 0.5) is 5.69 Å². The molecule has 0 unspecified atom stereocenters. The third-order valence-electron chi connectivity index (χ3n) is 4.15. The van der Waals surface area contributed by atoms with Gasteiger partial charge in [0.15, 0.2) is 5.76 Å². The van der Waals surface area contributed by atoms with Gasteiger partial charge in [-0.2, -0.15) is 0 Å². The highest BCUT2D eigenvalue weighted by atomic mass is 35.5. The molecular weight excluding hydrogens is 314 g/mol. The lowest BCUT2D eigenvalue weighted by atomic mass is 10.1. The highest BCUT2D eigenvalue weighted by Crippen LogP contribution is 2.25. The number of carbonyl (C=O) groups excluding carboxylic acids is 1. The molecule has 5 nitrogen and oxygen atoms in total. The average Bonchev–Trinajstić information content (AvgIpc) is 3.06. The summed E-state index contributed by atoms with van der Waals surface area (Å²) in [5.74, 6) is 0.909. The van der Waals surface area contributed by atoms with Gasteiger partial charge in [0.05, 0.1) is 6.54 Å². The normalized spacial score (nSPS) is 15.1. The quantitative estimate of drug-likeness (QED) is 0.938. The first kappa shape index (κ1) is 15.9. The molecule has 2 aromatic rings. The van der Waals surface area contributed by atoms with Crippen LogP contribution in [0.15, 0.2) is 34.7 Å². The van der Waals surface area contributed by atoms with E-state index in [4.69, 9.17) is 21.8 Å². The second kappa shape index (κ2) is 6.64. The Morgan fingerprint density at radius 2 is 1.96 bits per heavy atom. The van der Waals surface area contributed by atoms with Gasteiger partial charge in [0.25, 0.3) is 5.91 Å². The molecule has 1 saturated heterocycles. The summed E-state index contributed by atoms with van der Waals surface area (Å²) in [6.45, 7) is 5.23. The van der Waals surface area contributed by atoms with Crippen LogP contribution in [0, 0.1) is 6.92 Å². The second-order valence-electron chi connectivity index (χ2n) is 5.68. The van der Waals surface area contributed by atoms with Crippen molar-refractivity contribution in [2.75, 3.05) is 31.1 Å². The van der Waals surface area contributed by atoms with Crippen molar-refractivity contribution >= 4 is 23.2 Å². The summed E-state index contributed by atoms with van der Waals surface area (Å²) in [5, 5.41) is 0.731. The third kappa shape index (κ3) is 3.35. The molecule has 0 aliphatic carbocycles. The Morgan fingerprint density at radius 1 is 1.22 bits per heavy atom. The number of furan rings is 1. The Labute approximate surface area is 140 Å². The maximum absolute atomic E-state index is 12.4. The largest absolute Gasteiger partial charge is 0.455 e. The van der Waals surface area contributed by atoms with Crippen LogP contribution in [0.25, 0.3) is 0 Å². The number of benzene rings is 1. The van der Waals surface area contributed by atoms with Crippen LogP contribution in [-0.2, 0) is 6.54 Å². The molecule has 23 heavy (non-hydrogen) atoms. The molecule has 2 N–H and O–H groups in total. The zero-order chi connectivity index (χ0) is 16.4. The summed E-state index contributed by atoms with van der Waals surface area (Å²) in [7, 11) is 0. The monoisotopic (exact) mass is 333 g/mol. The number of piperazine rings is 1. The first-order valence-electron chi connectivity index (χ1n) is 7.67. The van der Waals surface area contributed by atoms with Crippen molar-refractivity contribution in [2.24, 2.45) is 5.73 Å². The number of anilines is 1. The van der Waals surface area contributed by atoms with E-state index in [0.717, 1.165) is 23.8 Å². The maximum atomic E-state index is 12.4. The van der Waals surface area contributed by atoms with Gasteiger partial charge in [-0.15, -0.1) is 0 Å². The van der Waals surface area contributed by atoms with Crippen LogP contribution >= 0.6 is 11.6 Å². The molecule has 1 aliphatic heterocycles. The van der Waals surface area contributed by atoms with Crippen molar-refractivity contribution in [3.8, 4) is 0 Å². The zero-order valence-electron chi connectivity index (χ0n) is 13.1. The fourth-order valence-electron chi connectivity index (χ4n) is 2.83. The van der Waals surface area contributed by atoms with E-state index in [1.807, 2.05) is 23.1 Å². The molecular formula is C17H20ClN3O2. The molecule has 2 heterocycles. The number of hydrogen-bond acceptors (Lipinski definition) is 4. The molecule has 3 rings (SSSR count). The highest BCUT2D eigenvalue weighted by Gasteiger charge is 2.25. The molecule has 122 valence electrons. The molecule has 1 fully saturated rings. The molecule has 0 radical (unpaired) electrons. The Balaban J connectivity index is 1.66. The van der Waals surface area contributed by atoms with Gasteiger partial charge in [-0.25, -0.2) is 0 Å². The lowest BCUT2D eigenvalue weighted by Crippen LogP contribution is -2.48. The van der Waals surface area contributed by atoms with Crippen LogP contribution in [0.1, 0.15) is 21.9 Å². The van der Waals surface area contributed by atoms with Gasteiger partial charge in [0, 0.05) is 36.9 Å². The molecule has 0 atom stereocenters. The smallest absolute Gasteiger partial charge is 0.289 e. The number of rotatable bonds is 3. The van der Waals surface area contributed by atoms with Gasteiger partial charge in [-0.05, 0) is 36.8 Å². The van der Waals surface area contributed by atoms with Gasteiger partial charge in [0.2, 0.25) is 0 Å². The van der Waals surface area contributed by atoms with E-state index in [9.17, 15) is 4.79 Å². The van der Waals surface area contributed by atoms with E-state index in [1.54, 1.807) is 12.1 Å². The lowest BCUT2D eigenvalue weighted by Gasteiger charge is -2.36. The van der Waals surface area contributed by atoms with Gasteiger partial charge in [0.1, 0.15) is 5.76 Å². The van der Waals surface area contributed by atoms with Crippen LogP contribution in [0.3, 0.4) is 0 Å². The number of halogens is 1. The molecule has 0 spiro atoms. The van der Waals surface area contributed by atoms with E-state index in [0.29, 0.717) is 31.2 Å². The SMILES string of the molecule is Cc1ccc(Cl)cc1N1CCN(C(=O)c2ccc(CN)o2)CC1. The van der Waals surface area contributed by atoms with E-state index in [2.05, 4.69) is 11.8 Å². The first-order valence-corrected chi connectivity index (χ1v) is 8.05. The molecule has 0 bridgehead atoms. The average molecular weight is 334 g/mol. The molecule has 1 aliphatic rings. The standard InChI is InChI=1S/C17H20ClN3O2/c1-12-2-3-13(18)10-15(12)20-6-8-21(9-7-20)17(22)16-5-4-14(11-19)23-16/h2-5,10H,6-9,11,19H2,1H3. The summed E-state index contributed by atoms with van der Waals surface area (Å²) < 4.78 is 5.45. The van der Waals surface area contributed by atoms with Gasteiger partial charge >= 0.3 is 0 Å². The molecule has 1 aromatic heterocycles. The van der Waals surface area contributed by atoms with Crippen molar-refractivity contribution < 1.29 is 9.21 Å². The Bertz CT molecular complexity index is 706. The van der Waals surface area contributed by atoms with Crippen molar-refractivity contribution in [3.63, 3.8) is 0 Å². The number of hydrogen-bond donors (Lipinski definition) is 1. The summed E-state index contributed by atoms with van der Waals surface area (Å²) in [6.07, 6.45) is 0. The second-order valence-corrected chi connectivity index (χ2v) is 6.12. The minimum absolute atomic E-state index is 0.0767. The Hall–Kier alpha value is -1.98. The zero-order valence-corrected chi connectivity index (χ0v) is 13.8. The first-order chi connectivity index (χ1) is 11.1. The highest BCUT2D eigenvalue weighted by molar-refractivity contribution is 6.30. The topological polar surface area (TPSA) is 62.7 Å². The van der Waals surface area contributed by atoms with E-state index >= 15 is 0 Å².